The number of ether oxygens (including phenoxy) is 2. The molecule has 26 heavy (non-hydrogen) atoms. The molecule has 0 fully saturated rings. The molecule has 0 heterocycles. The molecule has 0 saturated carbocycles. The fraction of sp³-hybridized carbons (Fsp3) is 0.857. The average molecular weight is 371 g/mol. The van der Waals surface area contributed by atoms with Gasteiger partial charge < -0.3 is 9.47 Å². The quantitative estimate of drug-likeness (QED) is 0.247. The van der Waals surface area contributed by atoms with Crippen LogP contribution in [0.5, 0.6) is 0 Å². The lowest BCUT2D eigenvalue weighted by Gasteiger charge is -2.06. The number of carbonyl (C=O) groups excluding carboxylic acids is 3. The molecule has 0 amide bonds. The Labute approximate surface area is 159 Å². The summed E-state index contributed by atoms with van der Waals surface area (Å²) < 4.78 is 9.84. The van der Waals surface area contributed by atoms with Crippen LogP contribution in [0.4, 0.5) is 0 Å². The Morgan fingerprint density at radius 1 is 0.538 bits per heavy atom. The molecule has 0 aliphatic rings. The van der Waals surface area contributed by atoms with Crippen LogP contribution in [0.2, 0.25) is 0 Å². The van der Waals surface area contributed by atoms with Crippen LogP contribution >= 0.6 is 0 Å². The normalized spacial score (nSPS) is 10.5. The lowest BCUT2D eigenvalue weighted by Crippen LogP contribution is -2.20. The van der Waals surface area contributed by atoms with Crippen molar-refractivity contribution >= 4 is 17.7 Å². The van der Waals surface area contributed by atoms with E-state index in [1.54, 1.807) is 0 Å². The second-order valence-corrected chi connectivity index (χ2v) is 6.90. The lowest BCUT2D eigenvalue weighted by atomic mass is 10.1. The topological polar surface area (TPSA) is 69.7 Å². The van der Waals surface area contributed by atoms with Crippen molar-refractivity contribution in [1.29, 1.82) is 0 Å². The molecule has 0 atom stereocenters. The van der Waals surface area contributed by atoms with Gasteiger partial charge in [-0.15, -0.1) is 0 Å². The minimum absolute atomic E-state index is 0.307. The molecule has 0 aliphatic carbocycles. The third-order valence-electron chi connectivity index (χ3n) is 4.26. The molecule has 152 valence electrons. The van der Waals surface area contributed by atoms with Gasteiger partial charge in [-0.05, 0) is 12.8 Å². The number of esters is 2. The molecule has 0 bridgehead atoms. The highest BCUT2D eigenvalue weighted by Crippen LogP contribution is 2.08. The Morgan fingerprint density at radius 2 is 0.885 bits per heavy atom. The highest BCUT2D eigenvalue weighted by Gasteiger charge is 2.10. The van der Waals surface area contributed by atoms with E-state index in [0.717, 1.165) is 38.5 Å². The number of hydrogen-bond donors (Lipinski definition) is 0. The molecule has 0 spiro atoms. The van der Waals surface area contributed by atoms with E-state index in [4.69, 9.17) is 9.47 Å². The van der Waals surface area contributed by atoms with E-state index in [0.29, 0.717) is 12.8 Å². The van der Waals surface area contributed by atoms with Gasteiger partial charge in [0.1, 0.15) is 0 Å². The van der Waals surface area contributed by atoms with Crippen molar-refractivity contribution in [3.63, 3.8) is 0 Å². The summed E-state index contributed by atoms with van der Waals surface area (Å²) in [6, 6.07) is 0. The molecule has 5 heteroatoms. The Kier molecular flexibility index (Phi) is 17.4. The number of unbranched alkanes of at least 4 members (excludes halogenated alkanes) is 10. The van der Waals surface area contributed by atoms with Gasteiger partial charge in [-0.2, -0.15) is 0 Å². The summed E-state index contributed by atoms with van der Waals surface area (Å²) in [4.78, 5) is 34.7. The highest BCUT2D eigenvalue weighted by atomic mass is 16.6. The maximum atomic E-state index is 11.6. The first-order valence-electron chi connectivity index (χ1n) is 10.4. The number of Topliss-reactive ketones (excluding diaryl/α,β-unsaturated/α-hetero) is 1. The van der Waals surface area contributed by atoms with Gasteiger partial charge in [0.25, 0.3) is 0 Å². The standard InChI is InChI=1S/C21H38O5/c1-3-5-7-9-11-13-15-20(23)25-17-19(22)18-26-21(24)16-14-12-10-8-6-4-2/h3-18H2,1-2H3. The van der Waals surface area contributed by atoms with Crippen LogP contribution in [-0.4, -0.2) is 30.9 Å². The van der Waals surface area contributed by atoms with E-state index >= 15 is 0 Å². The van der Waals surface area contributed by atoms with Crippen LogP contribution in [0.3, 0.4) is 0 Å². The summed E-state index contributed by atoms with van der Waals surface area (Å²) in [6.45, 7) is 3.72. The maximum Gasteiger partial charge on any atom is 0.306 e. The summed E-state index contributed by atoms with van der Waals surface area (Å²) in [6.07, 6.45) is 13.8. The third-order valence-corrected chi connectivity index (χ3v) is 4.26. The van der Waals surface area contributed by atoms with Crippen molar-refractivity contribution in [3.8, 4) is 0 Å². The zero-order chi connectivity index (χ0) is 19.5. The van der Waals surface area contributed by atoms with Gasteiger partial charge in [-0.3, -0.25) is 14.4 Å². The summed E-state index contributed by atoms with van der Waals surface area (Å²) in [5, 5.41) is 0. The predicted octanol–water partition coefficient (Wildman–Crippen LogP) is 5.14. The number of ketones is 1. The van der Waals surface area contributed by atoms with Gasteiger partial charge in [-0.1, -0.05) is 78.1 Å². The molecule has 5 nitrogen and oxygen atoms in total. The molecule has 0 unspecified atom stereocenters. The molecular formula is C21H38O5. The first kappa shape index (κ1) is 24.6. The van der Waals surface area contributed by atoms with Crippen molar-refractivity contribution in [2.75, 3.05) is 13.2 Å². The van der Waals surface area contributed by atoms with Gasteiger partial charge in [0.05, 0.1) is 0 Å². The van der Waals surface area contributed by atoms with E-state index in [2.05, 4.69) is 13.8 Å². The van der Waals surface area contributed by atoms with Crippen LogP contribution in [0.25, 0.3) is 0 Å². The average Bonchev–Trinajstić information content (AvgIpc) is 2.64. The minimum Gasteiger partial charge on any atom is -0.458 e. The van der Waals surface area contributed by atoms with E-state index in [1.807, 2.05) is 0 Å². The predicted molar refractivity (Wildman–Crippen MR) is 103 cm³/mol. The SMILES string of the molecule is CCCCCCCCC(=O)OCC(=O)COC(=O)CCCCCCCC. The van der Waals surface area contributed by atoms with Gasteiger partial charge in [0, 0.05) is 12.8 Å². The molecule has 0 aliphatic heterocycles. The van der Waals surface area contributed by atoms with E-state index in [9.17, 15) is 14.4 Å². The van der Waals surface area contributed by atoms with Crippen molar-refractivity contribution in [2.45, 2.75) is 104 Å². The Balaban J connectivity index is 3.51. The van der Waals surface area contributed by atoms with E-state index in [-0.39, 0.29) is 30.9 Å². The molecule has 0 radical (unpaired) electrons. The van der Waals surface area contributed by atoms with Crippen LogP contribution in [0.1, 0.15) is 104 Å². The fourth-order valence-corrected chi connectivity index (χ4v) is 2.61. The largest absolute Gasteiger partial charge is 0.458 e. The van der Waals surface area contributed by atoms with Gasteiger partial charge >= 0.3 is 11.9 Å². The number of carbonyl (C=O) groups is 3. The van der Waals surface area contributed by atoms with E-state index in [1.165, 1.54) is 38.5 Å². The molecule has 0 N–H and O–H groups in total. The lowest BCUT2D eigenvalue weighted by molar-refractivity contribution is -0.153. The van der Waals surface area contributed by atoms with Crippen molar-refractivity contribution in [3.05, 3.63) is 0 Å². The van der Waals surface area contributed by atoms with E-state index < -0.39 is 0 Å². The van der Waals surface area contributed by atoms with Gasteiger partial charge in [0.2, 0.25) is 5.78 Å². The molecule has 0 aromatic rings. The molecular weight excluding hydrogens is 332 g/mol. The smallest absolute Gasteiger partial charge is 0.306 e. The second kappa shape index (κ2) is 18.4. The fourth-order valence-electron chi connectivity index (χ4n) is 2.61. The molecule has 0 rings (SSSR count). The number of rotatable bonds is 18. The molecule has 0 aromatic heterocycles. The van der Waals surface area contributed by atoms with Crippen molar-refractivity contribution in [2.24, 2.45) is 0 Å². The van der Waals surface area contributed by atoms with Crippen LogP contribution < -0.4 is 0 Å². The summed E-state index contributed by atoms with van der Waals surface area (Å²) >= 11 is 0. The zero-order valence-corrected chi connectivity index (χ0v) is 16.9. The van der Waals surface area contributed by atoms with Crippen LogP contribution in [-0.2, 0) is 23.9 Å². The highest BCUT2D eigenvalue weighted by molar-refractivity contribution is 5.85. The second-order valence-electron chi connectivity index (χ2n) is 6.90. The maximum absolute atomic E-state index is 11.6. The van der Waals surface area contributed by atoms with Gasteiger partial charge in [0.15, 0.2) is 13.2 Å². The van der Waals surface area contributed by atoms with Gasteiger partial charge in [-0.25, -0.2) is 0 Å². The summed E-state index contributed by atoms with van der Waals surface area (Å²) in [7, 11) is 0. The van der Waals surface area contributed by atoms with Crippen LogP contribution in [0, 0.1) is 0 Å². The Hall–Kier alpha value is -1.39. The van der Waals surface area contributed by atoms with Crippen LogP contribution in [0.15, 0.2) is 0 Å². The Bertz CT molecular complexity index is 345. The number of hydrogen-bond acceptors (Lipinski definition) is 5. The third kappa shape index (κ3) is 17.4. The minimum atomic E-state index is -0.377. The van der Waals surface area contributed by atoms with Crippen molar-refractivity contribution < 1.29 is 23.9 Å². The van der Waals surface area contributed by atoms with Crippen molar-refractivity contribution in [1.82, 2.24) is 0 Å². The summed E-state index contributed by atoms with van der Waals surface area (Å²) in [5.74, 6) is -1.09. The molecule has 0 aromatic carbocycles. The molecule has 0 saturated heterocycles. The first-order valence-corrected chi connectivity index (χ1v) is 10.4. The zero-order valence-electron chi connectivity index (χ0n) is 16.9. The first-order chi connectivity index (χ1) is 12.6. The summed E-state index contributed by atoms with van der Waals surface area (Å²) in [5.41, 5.74) is 0. The Morgan fingerprint density at radius 3 is 1.27 bits per heavy atom. The monoisotopic (exact) mass is 370 g/mol.